The Bertz CT molecular complexity index is 729. The summed E-state index contributed by atoms with van der Waals surface area (Å²) in [5.74, 6) is 0.322. The molecule has 20 heavy (non-hydrogen) atoms. The van der Waals surface area contributed by atoms with E-state index >= 15 is 0 Å². The Hall–Kier alpha value is -1.28. The molecule has 0 spiro atoms. The Kier molecular flexibility index (Phi) is 4.54. The third-order valence-corrected chi connectivity index (χ3v) is 4.87. The van der Waals surface area contributed by atoms with Crippen molar-refractivity contribution in [1.29, 1.82) is 0 Å². The smallest absolute Gasteiger partial charge is 0.265 e. The fourth-order valence-electron chi connectivity index (χ4n) is 1.78. The minimum Gasteiger partial charge on any atom is -0.495 e. The molecule has 2 aromatic rings. The van der Waals surface area contributed by atoms with E-state index in [0.717, 1.165) is 9.13 Å². The van der Waals surface area contributed by atoms with Crippen molar-refractivity contribution in [2.24, 2.45) is 0 Å². The lowest BCUT2D eigenvalue weighted by Crippen LogP contribution is -2.14. The average Bonchev–Trinajstić information content (AvgIpc) is 2.42. The van der Waals surface area contributed by atoms with Gasteiger partial charge < -0.3 is 4.74 Å². The van der Waals surface area contributed by atoms with Crippen LogP contribution in [0.25, 0.3) is 0 Å². The van der Waals surface area contributed by atoms with Crippen molar-refractivity contribution in [2.45, 2.75) is 11.8 Å². The van der Waals surface area contributed by atoms with Crippen LogP contribution in [0.1, 0.15) is 5.56 Å². The molecular weight excluding hydrogens is 389 g/mol. The van der Waals surface area contributed by atoms with E-state index in [-0.39, 0.29) is 4.90 Å². The van der Waals surface area contributed by atoms with Gasteiger partial charge in [0.15, 0.2) is 0 Å². The van der Waals surface area contributed by atoms with Crippen LogP contribution in [0.5, 0.6) is 5.75 Å². The fourth-order valence-corrected chi connectivity index (χ4v) is 3.73. The summed E-state index contributed by atoms with van der Waals surface area (Å²) >= 11 is 2.19. The zero-order valence-electron chi connectivity index (χ0n) is 11.1. The standard InChI is InChI=1S/C14H14INO3S/c1-10-9-11(15)7-8-12(10)16-20(17,18)14-6-4-3-5-13(14)19-2/h3-9,16H,1-2H3. The number of rotatable bonds is 4. The quantitative estimate of drug-likeness (QED) is 0.797. The molecule has 0 aliphatic carbocycles. The summed E-state index contributed by atoms with van der Waals surface area (Å²) in [6, 6.07) is 12.1. The summed E-state index contributed by atoms with van der Waals surface area (Å²) in [6.45, 7) is 1.86. The van der Waals surface area contributed by atoms with Crippen LogP contribution in [-0.4, -0.2) is 15.5 Å². The van der Waals surface area contributed by atoms with E-state index in [1.165, 1.54) is 13.2 Å². The zero-order valence-corrected chi connectivity index (χ0v) is 14.0. The second-order valence-electron chi connectivity index (χ2n) is 4.22. The van der Waals surface area contributed by atoms with Gasteiger partial charge in [-0.3, -0.25) is 4.72 Å². The second-order valence-corrected chi connectivity index (χ2v) is 7.11. The maximum absolute atomic E-state index is 12.4. The predicted molar refractivity (Wildman–Crippen MR) is 87.7 cm³/mol. The topological polar surface area (TPSA) is 55.4 Å². The minimum atomic E-state index is -3.67. The molecule has 0 saturated heterocycles. The lowest BCUT2D eigenvalue weighted by molar-refractivity contribution is 0.403. The van der Waals surface area contributed by atoms with Gasteiger partial charge in [-0.05, 0) is 65.4 Å². The van der Waals surface area contributed by atoms with Gasteiger partial charge in [0.05, 0.1) is 12.8 Å². The molecule has 6 heteroatoms. The Balaban J connectivity index is 2.41. The molecule has 1 N–H and O–H groups in total. The van der Waals surface area contributed by atoms with Crippen LogP contribution in [0.3, 0.4) is 0 Å². The van der Waals surface area contributed by atoms with Crippen LogP contribution >= 0.6 is 22.6 Å². The SMILES string of the molecule is COc1ccccc1S(=O)(=O)Nc1ccc(I)cc1C. The minimum absolute atomic E-state index is 0.125. The largest absolute Gasteiger partial charge is 0.495 e. The maximum Gasteiger partial charge on any atom is 0.265 e. The molecule has 0 radical (unpaired) electrons. The van der Waals surface area contributed by atoms with Crippen LogP contribution in [0.2, 0.25) is 0 Å². The first-order chi connectivity index (χ1) is 9.44. The number of para-hydroxylation sites is 1. The summed E-state index contributed by atoms with van der Waals surface area (Å²) in [6.07, 6.45) is 0. The zero-order chi connectivity index (χ0) is 14.8. The van der Waals surface area contributed by atoms with Gasteiger partial charge in [0.2, 0.25) is 0 Å². The Morgan fingerprint density at radius 1 is 1.15 bits per heavy atom. The number of anilines is 1. The molecule has 2 aromatic carbocycles. The van der Waals surface area contributed by atoms with Crippen molar-refractivity contribution < 1.29 is 13.2 Å². The molecule has 0 amide bonds. The summed E-state index contributed by atoms with van der Waals surface area (Å²) < 4.78 is 33.6. The van der Waals surface area contributed by atoms with Crippen LogP contribution in [0.4, 0.5) is 5.69 Å². The number of hydrogen-bond acceptors (Lipinski definition) is 3. The molecule has 2 rings (SSSR count). The highest BCUT2D eigenvalue weighted by Crippen LogP contribution is 2.26. The van der Waals surface area contributed by atoms with Crippen LogP contribution in [0.15, 0.2) is 47.4 Å². The number of methoxy groups -OCH3 is 1. The van der Waals surface area contributed by atoms with E-state index in [1.807, 2.05) is 19.1 Å². The van der Waals surface area contributed by atoms with Gasteiger partial charge in [0.1, 0.15) is 10.6 Å². The van der Waals surface area contributed by atoms with E-state index < -0.39 is 10.0 Å². The summed E-state index contributed by atoms with van der Waals surface area (Å²) in [5.41, 5.74) is 1.44. The first kappa shape index (κ1) is 15.1. The van der Waals surface area contributed by atoms with E-state index in [1.54, 1.807) is 24.3 Å². The monoisotopic (exact) mass is 403 g/mol. The Labute approximate surface area is 132 Å². The van der Waals surface area contributed by atoms with Crippen molar-refractivity contribution in [2.75, 3.05) is 11.8 Å². The third kappa shape index (κ3) is 3.24. The van der Waals surface area contributed by atoms with E-state index in [0.29, 0.717) is 11.4 Å². The van der Waals surface area contributed by atoms with E-state index in [2.05, 4.69) is 27.3 Å². The fraction of sp³-hybridized carbons (Fsp3) is 0.143. The lowest BCUT2D eigenvalue weighted by atomic mass is 10.2. The van der Waals surface area contributed by atoms with Crippen molar-refractivity contribution in [1.82, 2.24) is 0 Å². The molecule has 0 atom stereocenters. The maximum atomic E-state index is 12.4. The predicted octanol–water partition coefficient (Wildman–Crippen LogP) is 3.41. The summed E-state index contributed by atoms with van der Waals surface area (Å²) in [7, 11) is -2.22. The number of halogens is 1. The van der Waals surface area contributed by atoms with Crippen molar-refractivity contribution in [3.05, 3.63) is 51.6 Å². The number of aryl methyl sites for hydroxylation is 1. The molecule has 0 aliphatic heterocycles. The normalized spacial score (nSPS) is 11.2. The van der Waals surface area contributed by atoms with Gasteiger partial charge >= 0.3 is 0 Å². The van der Waals surface area contributed by atoms with Crippen molar-refractivity contribution in [3.8, 4) is 5.75 Å². The van der Waals surface area contributed by atoms with Gasteiger partial charge in [-0.15, -0.1) is 0 Å². The van der Waals surface area contributed by atoms with Crippen LogP contribution in [0, 0.1) is 10.5 Å². The number of sulfonamides is 1. The molecule has 0 aromatic heterocycles. The van der Waals surface area contributed by atoms with E-state index in [9.17, 15) is 8.42 Å². The van der Waals surface area contributed by atoms with Gasteiger partial charge in [-0.1, -0.05) is 12.1 Å². The summed E-state index contributed by atoms with van der Waals surface area (Å²) in [5, 5.41) is 0. The van der Waals surface area contributed by atoms with Gasteiger partial charge in [0, 0.05) is 3.57 Å². The Morgan fingerprint density at radius 3 is 2.50 bits per heavy atom. The van der Waals surface area contributed by atoms with Crippen molar-refractivity contribution in [3.63, 3.8) is 0 Å². The van der Waals surface area contributed by atoms with Crippen LogP contribution < -0.4 is 9.46 Å². The first-order valence-electron chi connectivity index (χ1n) is 5.86. The average molecular weight is 403 g/mol. The molecular formula is C14H14INO3S. The number of benzene rings is 2. The molecule has 0 heterocycles. The molecule has 0 saturated carbocycles. The molecule has 0 bridgehead atoms. The lowest BCUT2D eigenvalue weighted by Gasteiger charge is -2.13. The highest BCUT2D eigenvalue weighted by molar-refractivity contribution is 14.1. The van der Waals surface area contributed by atoms with Crippen LogP contribution in [-0.2, 0) is 10.0 Å². The highest BCUT2D eigenvalue weighted by Gasteiger charge is 2.19. The third-order valence-electron chi connectivity index (χ3n) is 2.79. The molecule has 4 nitrogen and oxygen atoms in total. The van der Waals surface area contributed by atoms with Gasteiger partial charge in [0.25, 0.3) is 10.0 Å². The number of ether oxygens (including phenoxy) is 1. The Morgan fingerprint density at radius 2 is 1.85 bits per heavy atom. The summed E-state index contributed by atoms with van der Waals surface area (Å²) in [4.78, 5) is 0.125. The number of hydrogen-bond donors (Lipinski definition) is 1. The number of nitrogens with one attached hydrogen (secondary N) is 1. The molecule has 106 valence electrons. The molecule has 0 unspecified atom stereocenters. The van der Waals surface area contributed by atoms with Gasteiger partial charge in [-0.2, -0.15) is 0 Å². The molecule has 0 aliphatic rings. The van der Waals surface area contributed by atoms with E-state index in [4.69, 9.17) is 4.74 Å². The molecule has 0 fully saturated rings. The first-order valence-corrected chi connectivity index (χ1v) is 8.42. The van der Waals surface area contributed by atoms with Crippen molar-refractivity contribution >= 4 is 38.3 Å². The second kappa shape index (κ2) is 6.01. The van der Waals surface area contributed by atoms with Gasteiger partial charge in [-0.25, -0.2) is 8.42 Å². The highest BCUT2D eigenvalue weighted by atomic mass is 127.